The maximum absolute atomic E-state index is 3.52. The number of nitrogens with one attached hydrogen (secondary N) is 1. The van der Waals surface area contributed by atoms with E-state index in [0.717, 1.165) is 30.8 Å². The molecule has 0 aromatic heterocycles. The molecule has 0 saturated carbocycles. The molecule has 0 bridgehead atoms. The molecule has 15 heavy (non-hydrogen) atoms. The summed E-state index contributed by atoms with van der Waals surface area (Å²) in [4.78, 5) is 2.44. The topological polar surface area (TPSA) is 15.3 Å². The van der Waals surface area contributed by atoms with Crippen LogP contribution in [0.15, 0.2) is 0 Å². The molecule has 0 aliphatic rings. The van der Waals surface area contributed by atoms with Crippen molar-refractivity contribution < 1.29 is 0 Å². The number of hydrogen-bond acceptors (Lipinski definition) is 2. The van der Waals surface area contributed by atoms with Gasteiger partial charge in [-0.3, -0.25) is 0 Å². The Bertz CT molecular complexity index is 143. The van der Waals surface area contributed by atoms with E-state index in [-0.39, 0.29) is 0 Å². The van der Waals surface area contributed by atoms with Crippen LogP contribution in [0, 0.1) is 17.8 Å². The van der Waals surface area contributed by atoms with Crippen LogP contribution in [0.4, 0.5) is 0 Å². The Morgan fingerprint density at radius 3 is 1.93 bits per heavy atom. The first kappa shape index (κ1) is 14.9. The molecule has 0 fully saturated rings. The molecule has 1 atom stereocenters. The van der Waals surface area contributed by atoms with Gasteiger partial charge in [0.2, 0.25) is 0 Å². The molecule has 0 radical (unpaired) electrons. The van der Waals surface area contributed by atoms with Gasteiger partial charge in [0.15, 0.2) is 0 Å². The summed E-state index contributed by atoms with van der Waals surface area (Å²) in [5, 5.41) is 3.52. The SMILES string of the molecule is CC(C)CNCC(C)CN(C)CC(C)C. The molecule has 0 amide bonds. The summed E-state index contributed by atoms with van der Waals surface area (Å²) in [5.74, 6) is 2.27. The van der Waals surface area contributed by atoms with Crippen molar-refractivity contribution in [3.05, 3.63) is 0 Å². The van der Waals surface area contributed by atoms with Crippen LogP contribution in [0.25, 0.3) is 0 Å². The first-order valence-electron chi connectivity index (χ1n) is 6.31. The lowest BCUT2D eigenvalue weighted by molar-refractivity contribution is 0.253. The molecule has 92 valence electrons. The smallest absolute Gasteiger partial charge is 0.00162 e. The summed E-state index contributed by atoms with van der Waals surface area (Å²) in [5.41, 5.74) is 0. The van der Waals surface area contributed by atoms with Gasteiger partial charge in [-0.05, 0) is 37.9 Å². The van der Waals surface area contributed by atoms with Gasteiger partial charge in [0.1, 0.15) is 0 Å². The fourth-order valence-corrected chi connectivity index (χ4v) is 1.91. The average Bonchev–Trinajstić information content (AvgIpc) is 2.00. The van der Waals surface area contributed by atoms with Crippen LogP contribution in [0.5, 0.6) is 0 Å². The minimum absolute atomic E-state index is 0.743. The van der Waals surface area contributed by atoms with Gasteiger partial charge in [-0.25, -0.2) is 0 Å². The Kier molecular flexibility index (Phi) is 8.07. The third-order valence-corrected chi connectivity index (χ3v) is 2.35. The summed E-state index contributed by atoms with van der Waals surface area (Å²) >= 11 is 0. The van der Waals surface area contributed by atoms with Crippen molar-refractivity contribution in [1.29, 1.82) is 0 Å². The van der Waals surface area contributed by atoms with E-state index < -0.39 is 0 Å². The molecular formula is C13H30N2. The molecule has 0 aliphatic heterocycles. The lowest BCUT2D eigenvalue weighted by Crippen LogP contribution is -2.34. The summed E-state index contributed by atoms with van der Waals surface area (Å²) in [6, 6.07) is 0. The summed E-state index contributed by atoms with van der Waals surface area (Å²) in [6.45, 7) is 16.1. The quantitative estimate of drug-likeness (QED) is 0.668. The van der Waals surface area contributed by atoms with Gasteiger partial charge in [0.05, 0.1) is 0 Å². The van der Waals surface area contributed by atoms with E-state index in [1.165, 1.54) is 13.1 Å². The third kappa shape index (κ3) is 10.2. The largest absolute Gasteiger partial charge is 0.316 e. The summed E-state index contributed by atoms with van der Waals surface area (Å²) in [7, 11) is 2.22. The van der Waals surface area contributed by atoms with Crippen molar-refractivity contribution in [2.75, 3.05) is 33.2 Å². The lowest BCUT2D eigenvalue weighted by Gasteiger charge is -2.23. The number of rotatable bonds is 8. The van der Waals surface area contributed by atoms with Crippen molar-refractivity contribution in [2.24, 2.45) is 17.8 Å². The molecule has 0 rings (SSSR count). The first-order valence-corrected chi connectivity index (χ1v) is 6.31. The Hall–Kier alpha value is -0.0800. The van der Waals surface area contributed by atoms with Crippen LogP contribution in [0.2, 0.25) is 0 Å². The predicted octanol–water partition coefficient (Wildman–Crippen LogP) is 2.46. The Morgan fingerprint density at radius 2 is 1.47 bits per heavy atom. The Labute approximate surface area is 96.4 Å². The number of hydrogen-bond donors (Lipinski definition) is 1. The normalized spacial score (nSPS) is 14.2. The van der Waals surface area contributed by atoms with Crippen molar-refractivity contribution in [1.82, 2.24) is 10.2 Å². The molecular weight excluding hydrogens is 184 g/mol. The van der Waals surface area contributed by atoms with Gasteiger partial charge in [0, 0.05) is 13.1 Å². The maximum atomic E-state index is 3.52. The second-order valence-electron chi connectivity index (χ2n) is 5.77. The fraction of sp³-hybridized carbons (Fsp3) is 1.00. The first-order chi connectivity index (χ1) is 6.91. The van der Waals surface area contributed by atoms with Gasteiger partial charge in [-0.1, -0.05) is 34.6 Å². The molecule has 0 aliphatic carbocycles. The van der Waals surface area contributed by atoms with Gasteiger partial charge in [0.25, 0.3) is 0 Å². The van der Waals surface area contributed by atoms with Crippen molar-refractivity contribution in [3.8, 4) is 0 Å². The van der Waals surface area contributed by atoms with Crippen LogP contribution in [-0.2, 0) is 0 Å². The number of nitrogens with zero attached hydrogens (tertiary/aromatic N) is 1. The van der Waals surface area contributed by atoms with Crippen LogP contribution >= 0.6 is 0 Å². The van der Waals surface area contributed by atoms with Gasteiger partial charge >= 0.3 is 0 Å². The van der Waals surface area contributed by atoms with E-state index >= 15 is 0 Å². The van der Waals surface area contributed by atoms with E-state index in [9.17, 15) is 0 Å². The van der Waals surface area contributed by atoms with Crippen LogP contribution in [-0.4, -0.2) is 38.1 Å². The molecule has 0 heterocycles. The van der Waals surface area contributed by atoms with Crippen LogP contribution in [0.1, 0.15) is 34.6 Å². The van der Waals surface area contributed by atoms with E-state index in [4.69, 9.17) is 0 Å². The van der Waals surface area contributed by atoms with Gasteiger partial charge < -0.3 is 10.2 Å². The third-order valence-electron chi connectivity index (χ3n) is 2.35. The Morgan fingerprint density at radius 1 is 0.867 bits per heavy atom. The zero-order valence-electron chi connectivity index (χ0n) is 11.5. The highest BCUT2D eigenvalue weighted by Crippen LogP contribution is 2.01. The molecule has 0 spiro atoms. The zero-order valence-corrected chi connectivity index (χ0v) is 11.5. The van der Waals surface area contributed by atoms with E-state index in [2.05, 4.69) is 51.9 Å². The molecule has 1 N–H and O–H groups in total. The molecule has 0 aromatic carbocycles. The minimum atomic E-state index is 0.743. The zero-order chi connectivity index (χ0) is 11.8. The minimum Gasteiger partial charge on any atom is -0.316 e. The second kappa shape index (κ2) is 8.12. The van der Waals surface area contributed by atoms with Gasteiger partial charge in [-0.15, -0.1) is 0 Å². The highest BCUT2D eigenvalue weighted by Gasteiger charge is 2.07. The maximum Gasteiger partial charge on any atom is 0.00162 e. The lowest BCUT2D eigenvalue weighted by atomic mass is 10.1. The van der Waals surface area contributed by atoms with E-state index in [1.54, 1.807) is 0 Å². The fourth-order valence-electron chi connectivity index (χ4n) is 1.91. The molecule has 1 unspecified atom stereocenters. The van der Waals surface area contributed by atoms with Crippen LogP contribution < -0.4 is 5.32 Å². The molecule has 2 nitrogen and oxygen atoms in total. The molecule has 0 saturated heterocycles. The summed E-state index contributed by atoms with van der Waals surface area (Å²) in [6.07, 6.45) is 0. The Balaban J connectivity index is 3.50. The van der Waals surface area contributed by atoms with Gasteiger partial charge in [-0.2, -0.15) is 0 Å². The second-order valence-corrected chi connectivity index (χ2v) is 5.77. The van der Waals surface area contributed by atoms with Crippen molar-refractivity contribution >= 4 is 0 Å². The van der Waals surface area contributed by atoms with Crippen molar-refractivity contribution in [2.45, 2.75) is 34.6 Å². The monoisotopic (exact) mass is 214 g/mol. The molecule has 2 heteroatoms. The van der Waals surface area contributed by atoms with Crippen LogP contribution in [0.3, 0.4) is 0 Å². The van der Waals surface area contributed by atoms with E-state index in [1.807, 2.05) is 0 Å². The van der Waals surface area contributed by atoms with Crippen molar-refractivity contribution in [3.63, 3.8) is 0 Å². The summed E-state index contributed by atoms with van der Waals surface area (Å²) < 4.78 is 0. The molecule has 0 aromatic rings. The highest BCUT2D eigenvalue weighted by molar-refractivity contribution is 4.63. The standard InChI is InChI=1S/C13H30N2/c1-11(2)7-14-8-13(5)10-15(6)9-12(3)4/h11-14H,7-10H2,1-6H3. The van der Waals surface area contributed by atoms with E-state index in [0.29, 0.717) is 0 Å². The predicted molar refractivity (Wildman–Crippen MR) is 69.2 cm³/mol. The highest BCUT2D eigenvalue weighted by atomic mass is 15.1. The average molecular weight is 214 g/mol.